The second-order valence-electron chi connectivity index (χ2n) is 6.77. The summed E-state index contributed by atoms with van der Waals surface area (Å²) >= 11 is 3.42. The highest BCUT2D eigenvalue weighted by Crippen LogP contribution is 2.29. The molecule has 0 spiro atoms. The lowest BCUT2D eigenvalue weighted by Gasteiger charge is -2.09. The zero-order valence-electron chi connectivity index (χ0n) is 17.0. The highest BCUT2D eigenvalue weighted by Gasteiger charge is 2.19. The number of ether oxygens (including phenoxy) is 1. The Bertz CT molecular complexity index is 1240. The number of halogens is 2. The Kier molecular flexibility index (Phi) is 7.45. The van der Waals surface area contributed by atoms with Crippen molar-refractivity contribution in [2.75, 3.05) is 13.7 Å². The van der Waals surface area contributed by atoms with Crippen LogP contribution in [0.1, 0.15) is 26.5 Å². The largest absolute Gasteiger partial charge is 0.465 e. The van der Waals surface area contributed by atoms with Crippen molar-refractivity contribution in [2.45, 2.75) is 25.2 Å². The van der Waals surface area contributed by atoms with Crippen molar-refractivity contribution in [1.29, 1.82) is 0 Å². The minimum absolute atomic E-state index is 0.00456. The number of nitrogens with one attached hydrogen (secondary N) is 1. The molecule has 3 aromatic rings. The zero-order chi connectivity index (χ0) is 22.8. The van der Waals surface area contributed by atoms with E-state index in [0.29, 0.717) is 15.6 Å². The Morgan fingerprint density at radius 3 is 2.65 bits per heavy atom. The van der Waals surface area contributed by atoms with Crippen LogP contribution in [-0.2, 0) is 21.2 Å². The van der Waals surface area contributed by atoms with E-state index in [1.165, 1.54) is 36.6 Å². The Morgan fingerprint density at radius 1 is 1.23 bits per heavy atom. The maximum atomic E-state index is 13.5. The van der Waals surface area contributed by atoms with Gasteiger partial charge in [0.25, 0.3) is 0 Å². The van der Waals surface area contributed by atoms with Crippen LogP contribution in [0.15, 0.2) is 41.3 Å². The smallest absolute Gasteiger partial charge is 0.338 e. The molecule has 2 aromatic carbocycles. The number of thiazole rings is 1. The van der Waals surface area contributed by atoms with Crippen LogP contribution in [0.3, 0.4) is 0 Å². The topological polar surface area (TPSA) is 85.4 Å². The van der Waals surface area contributed by atoms with Gasteiger partial charge in [-0.05, 0) is 72.3 Å². The van der Waals surface area contributed by atoms with E-state index in [-0.39, 0.29) is 22.8 Å². The molecule has 1 aromatic heterocycles. The van der Waals surface area contributed by atoms with Gasteiger partial charge in [-0.2, -0.15) is 0 Å². The van der Waals surface area contributed by atoms with Crippen LogP contribution >= 0.6 is 33.9 Å². The average Bonchev–Trinajstić information content (AvgIpc) is 3.10. The minimum Gasteiger partial charge on any atom is -0.465 e. The number of carbonyl (C=O) groups excluding carboxylic acids is 1. The van der Waals surface area contributed by atoms with Crippen molar-refractivity contribution in [3.05, 3.63) is 67.5 Å². The molecule has 1 heterocycles. The lowest BCUT2D eigenvalue weighted by molar-refractivity contribution is 0.0599. The quantitative estimate of drug-likeness (QED) is 0.333. The van der Waals surface area contributed by atoms with Crippen LogP contribution in [0.25, 0.3) is 10.6 Å². The number of aryl methyl sites for hydroxylation is 2. The van der Waals surface area contributed by atoms with Crippen LogP contribution in [0, 0.1) is 23.2 Å². The molecule has 3 rings (SSSR count). The molecule has 0 bridgehead atoms. The summed E-state index contributed by atoms with van der Waals surface area (Å²) in [7, 11) is -2.56. The van der Waals surface area contributed by atoms with E-state index in [0.717, 1.165) is 21.1 Å². The van der Waals surface area contributed by atoms with Crippen LogP contribution in [0.4, 0.5) is 4.39 Å². The Morgan fingerprint density at radius 2 is 1.97 bits per heavy atom. The molecule has 0 unspecified atom stereocenters. The number of aromatic nitrogens is 1. The molecular weight excluding hydrogens is 554 g/mol. The summed E-state index contributed by atoms with van der Waals surface area (Å²) in [6.45, 7) is 3.78. The second kappa shape index (κ2) is 9.72. The van der Waals surface area contributed by atoms with E-state index >= 15 is 0 Å². The molecule has 0 radical (unpaired) electrons. The number of benzene rings is 2. The van der Waals surface area contributed by atoms with E-state index in [1.807, 2.05) is 29.5 Å². The van der Waals surface area contributed by atoms with Gasteiger partial charge in [0, 0.05) is 27.0 Å². The maximum Gasteiger partial charge on any atom is 0.338 e. The fourth-order valence-electron chi connectivity index (χ4n) is 2.90. The Labute approximate surface area is 198 Å². The van der Waals surface area contributed by atoms with Gasteiger partial charge in [-0.25, -0.2) is 27.3 Å². The van der Waals surface area contributed by atoms with Crippen LogP contribution in [0.2, 0.25) is 0 Å². The van der Waals surface area contributed by atoms with Gasteiger partial charge < -0.3 is 4.74 Å². The van der Waals surface area contributed by atoms with Gasteiger partial charge in [-0.3, -0.25) is 0 Å². The van der Waals surface area contributed by atoms with Gasteiger partial charge in [0.15, 0.2) is 0 Å². The first kappa shape index (κ1) is 23.8. The summed E-state index contributed by atoms with van der Waals surface area (Å²) in [6.07, 6.45) is 0.398. The van der Waals surface area contributed by atoms with Gasteiger partial charge in [-0.1, -0.05) is 6.07 Å². The predicted octanol–water partition coefficient (Wildman–Crippen LogP) is 4.48. The van der Waals surface area contributed by atoms with Gasteiger partial charge in [0.2, 0.25) is 10.0 Å². The van der Waals surface area contributed by atoms with E-state index in [1.54, 1.807) is 25.1 Å². The zero-order valence-corrected chi connectivity index (χ0v) is 20.8. The molecule has 31 heavy (non-hydrogen) atoms. The number of hydrogen-bond donors (Lipinski definition) is 1. The van der Waals surface area contributed by atoms with Crippen molar-refractivity contribution < 1.29 is 22.3 Å². The summed E-state index contributed by atoms with van der Waals surface area (Å²) in [5.74, 6) is -0.866. The molecule has 0 saturated heterocycles. The van der Waals surface area contributed by atoms with E-state index in [2.05, 4.69) is 9.71 Å². The number of rotatable bonds is 7. The lowest BCUT2D eigenvalue weighted by atomic mass is 10.1. The van der Waals surface area contributed by atoms with Crippen molar-refractivity contribution in [2.24, 2.45) is 0 Å². The molecule has 0 aliphatic heterocycles. The number of esters is 1. The summed E-state index contributed by atoms with van der Waals surface area (Å²) < 4.78 is 46.6. The summed E-state index contributed by atoms with van der Waals surface area (Å²) in [4.78, 5) is 17.4. The molecule has 6 nitrogen and oxygen atoms in total. The number of nitrogens with zero attached hydrogens (tertiary/aromatic N) is 1. The van der Waals surface area contributed by atoms with Gasteiger partial charge >= 0.3 is 5.97 Å². The van der Waals surface area contributed by atoms with Crippen LogP contribution < -0.4 is 4.72 Å². The standard InChI is InChI=1S/C21H20FIN2O4S2/c1-12-4-6-15(11-16(12)21(26)29-3)31(27,28)24-9-8-19-13(2)30-20(25-19)14-5-7-17(22)18(23)10-14/h4-7,10-11,24H,8-9H2,1-3H3. The SMILES string of the molecule is COC(=O)c1cc(S(=O)(=O)NCCc2nc(-c3ccc(F)c(I)c3)sc2C)ccc1C. The molecule has 0 aliphatic carbocycles. The molecule has 1 N–H and O–H groups in total. The third kappa shape index (κ3) is 5.48. The second-order valence-corrected chi connectivity index (χ2v) is 10.9. The first-order valence-corrected chi connectivity index (χ1v) is 12.6. The van der Waals surface area contributed by atoms with Crippen molar-refractivity contribution in [1.82, 2.24) is 9.71 Å². The Balaban J connectivity index is 1.72. The third-order valence-corrected chi connectivity index (χ3v) is 7.99. The normalized spacial score (nSPS) is 11.5. The summed E-state index contributed by atoms with van der Waals surface area (Å²) in [6, 6.07) is 9.15. The fourth-order valence-corrected chi connectivity index (χ4v) is 5.43. The first-order valence-electron chi connectivity index (χ1n) is 9.22. The molecule has 164 valence electrons. The molecule has 0 aliphatic rings. The molecule has 0 saturated carbocycles. The molecule has 10 heteroatoms. The van der Waals surface area contributed by atoms with Crippen molar-refractivity contribution >= 4 is 49.9 Å². The monoisotopic (exact) mass is 574 g/mol. The average molecular weight is 574 g/mol. The number of sulfonamides is 1. The Hall–Kier alpha value is -1.89. The lowest BCUT2D eigenvalue weighted by Crippen LogP contribution is -2.26. The number of methoxy groups -OCH3 is 1. The minimum atomic E-state index is -3.80. The fraction of sp³-hybridized carbons (Fsp3) is 0.238. The van der Waals surface area contributed by atoms with Gasteiger partial charge in [0.1, 0.15) is 10.8 Å². The summed E-state index contributed by atoms with van der Waals surface area (Å²) in [5.41, 5.74) is 2.44. The number of carbonyl (C=O) groups is 1. The first-order chi connectivity index (χ1) is 14.6. The van der Waals surface area contributed by atoms with E-state index in [9.17, 15) is 17.6 Å². The van der Waals surface area contributed by atoms with Gasteiger partial charge in [0.05, 0.1) is 23.3 Å². The van der Waals surface area contributed by atoms with Crippen molar-refractivity contribution in [3.8, 4) is 10.6 Å². The molecular formula is C21H20FIN2O4S2. The third-order valence-electron chi connectivity index (χ3n) is 4.64. The number of hydrogen-bond acceptors (Lipinski definition) is 6. The van der Waals surface area contributed by atoms with Crippen LogP contribution in [-0.4, -0.2) is 33.0 Å². The van der Waals surface area contributed by atoms with E-state index in [4.69, 9.17) is 4.74 Å². The predicted molar refractivity (Wildman–Crippen MR) is 126 cm³/mol. The molecule has 0 fully saturated rings. The van der Waals surface area contributed by atoms with Crippen molar-refractivity contribution in [3.63, 3.8) is 0 Å². The molecule has 0 amide bonds. The van der Waals surface area contributed by atoms with Crippen LogP contribution in [0.5, 0.6) is 0 Å². The summed E-state index contributed by atoms with van der Waals surface area (Å²) in [5, 5.41) is 0.759. The highest BCUT2D eigenvalue weighted by molar-refractivity contribution is 14.1. The van der Waals surface area contributed by atoms with Gasteiger partial charge in [-0.15, -0.1) is 11.3 Å². The maximum absolute atomic E-state index is 13.5. The highest BCUT2D eigenvalue weighted by atomic mass is 127. The van der Waals surface area contributed by atoms with E-state index < -0.39 is 16.0 Å². The molecule has 0 atom stereocenters.